The maximum absolute atomic E-state index is 12.2. The molecule has 0 saturated heterocycles. The van der Waals surface area contributed by atoms with Gasteiger partial charge in [-0.05, 0) is 61.3 Å². The van der Waals surface area contributed by atoms with Crippen LogP contribution < -0.4 is 10.0 Å². The molecule has 0 aliphatic heterocycles. The molecule has 0 spiro atoms. The van der Waals surface area contributed by atoms with E-state index in [2.05, 4.69) is 41.9 Å². The third kappa shape index (κ3) is 5.69. The van der Waals surface area contributed by atoms with E-state index in [0.717, 1.165) is 5.56 Å². The summed E-state index contributed by atoms with van der Waals surface area (Å²) in [6.45, 7) is 7.03. The fourth-order valence-corrected chi connectivity index (χ4v) is 4.19. The zero-order chi connectivity index (χ0) is 16.4. The number of hydrogen-bond acceptors (Lipinski definition) is 3. The van der Waals surface area contributed by atoms with Gasteiger partial charge in [0.1, 0.15) is 0 Å². The number of amides is 1. The molecule has 0 heterocycles. The van der Waals surface area contributed by atoms with E-state index in [0.29, 0.717) is 8.95 Å². The smallest absolute Gasteiger partial charge is 0.242 e. The van der Waals surface area contributed by atoms with Crippen LogP contribution in [0, 0.1) is 6.92 Å². The normalized spacial score (nSPS) is 12.3. The van der Waals surface area contributed by atoms with Crippen LogP contribution in [0.1, 0.15) is 26.3 Å². The van der Waals surface area contributed by atoms with Crippen LogP contribution in [0.5, 0.6) is 0 Å². The molecule has 1 aromatic carbocycles. The summed E-state index contributed by atoms with van der Waals surface area (Å²) in [4.78, 5) is 11.8. The summed E-state index contributed by atoms with van der Waals surface area (Å²) < 4.78 is 27.9. The fraction of sp³-hybridized carbons (Fsp3) is 0.462. The Bertz CT molecular complexity index is 652. The summed E-state index contributed by atoms with van der Waals surface area (Å²) in [7, 11) is -3.77. The van der Waals surface area contributed by atoms with Gasteiger partial charge in [0, 0.05) is 14.5 Å². The van der Waals surface area contributed by atoms with Gasteiger partial charge in [-0.1, -0.05) is 15.9 Å². The minimum Gasteiger partial charge on any atom is -0.350 e. The lowest BCUT2D eigenvalue weighted by molar-refractivity contribution is -0.121. The number of nitrogens with one attached hydrogen (secondary N) is 2. The molecule has 0 unspecified atom stereocenters. The molecule has 0 aliphatic carbocycles. The van der Waals surface area contributed by atoms with Crippen molar-refractivity contribution in [2.75, 3.05) is 6.54 Å². The Morgan fingerprint density at radius 3 is 2.29 bits per heavy atom. The van der Waals surface area contributed by atoms with Gasteiger partial charge in [0.15, 0.2) is 0 Å². The molecule has 0 aliphatic rings. The van der Waals surface area contributed by atoms with Gasteiger partial charge in [-0.3, -0.25) is 4.79 Å². The highest BCUT2D eigenvalue weighted by atomic mass is 79.9. The Balaban J connectivity index is 2.88. The number of halogens is 2. The van der Waals surface area contributed by atoms with E-state index >= 15 is 0 Å². The van der Waals surface area contributed by atoms with E-state index in [1.807, 2.05) is 27.7 Å². The van der Waals surface area contributed by atoms with Gasteiger partial charge in [-0.2, -0.15) is 0 Å². The van der Waals surface area contributed by atoms with Crippen molar-refractivity contribution in [1.29, 1.82) is 0 Å². The van der Waals surface area contributed by atoms with E-state index in [1.54, 1.807) is 6.07 Å². The van der Waals surface area contributed by atoms with Crippen LogP contribution in [-0.4, -0.2) is 26.4 Å². The van der Waals surface area contributed by atoms with Gasteiger partial charge in [-0.25, -0.2) is 13.1 Å². The number of sulfonamides is 1. The molecule has 2 N–H and O–H groups in total. The minimum atomic E-state index is -3.77. The molecule has 0 radical (unpaired) electrons. The lowest BCUT2D eigenvalue weighted by Gasteiger charge is -2.20. The molecule has 0 saturated carbocycles. The standard InChI is InChI=1S/C13H18Br2N2O3S/c1-8-5-10(15)11(6-9(8)14)21(19,20)16-7-12(18)17-13(2,3)4/h5-6,16H,7H2,1-4H3,(H,17,18). The predicted octanol–water partition coefficient (Wildman–Crippen LogP) is 2.71. The summed E-state index contributed by atoms with van der Waals surface area (Å²) in [5, 5.41) is 2.69. The van der Waals surface area contributed by atoms with Crippen LogP contribution in [0.3, 0.4) is 0 Å². The second kappa shape index (κ2) is 6.76. The van der Waals surface area contributed by atoms with Gasteiger partial charge >= 0.3 is 0 Å². The maximum Gasteiger partial charge on any atom is 0.242 e. The number of rotatable bonds is 4. The molecule has 0 aromatic heterocycles. The summed E-state index contributed by atoms with van der Waals surface area (Å²) in [6.07, 6.45) is 0. The molecule has 1 aromatic rings. The summed E-state index contributed by atoms with van der Waals surface area (Å²) >= 11 is 6.53. The molecule has 1 amide bonds. The molecule has 5 nitrogen and oxygen atoms in total. The molecular formula is C13H18Br2N2O3S. The van der Waals surface area contributed by atoms with E-state index in [1.165, 1.54) is 6.07 Å². The lowest BCUT2D eigenvalue weighted by Crippen LogP contribution is -2.45. The molecular weight excluding hydrogens is 424 g/mol. The van der Waals surface area contributed by atoms with E-state index in [-0.39, 0.29) is 17.3 Å². The van der Waals surface area contributed by atoms with Crippen molar-refractivity contribution in [2.45, 2.75) is 38.1 Å². The molecule has 118 valence electrons. The Hall–Kier alpha value is -0.440. The highest BCUT2D eigenvalue weighted by Crippen LogP contribution is 2.28. The summed E-state index contributed by atoms with van der Waals surface area (Å²) in [5.41, 5.74) is 0.502. The van der Waals surface area contributed by atoms with Gasteiger partial charge in [-0.15, -0.1) is 0 Å². The Morgan fingerprint density at radius 2 is 1.76 bits per heavy atom. The maximum atomic E-state index is 12.2. The van der Waals surface area contributed by atoms with Gasteiger partial charge < -0.3 is 5.32 Å². The Kier molecular flexibility index (Phi) is 5.99. The van der Waals surface area contributed by atoms with E-state index in [9.17, 15) is 13.2 Å². The molecule has 0 bridgehead atoms. The first-order chi connectivity index (χ1) is 9.42. The van der Waals surface area contributed by atoms with Crippen LogP contribution in [-0.2, 0) is 14.8 Å². The SMILES string of the molecule is Cc1cc(Br)c(S(=O)(=O)NCC(=O)NC(C)(C)C)cc1Br. The third-order valence-corrected chi connectivity index (χ3v) is 5.65. The topological polar surface area (TPSA) is 75.3 Å². The van der Waals surface area contributed by atoms with Crippen molar-refractivity contribution in [3.05, 3.63) is 26.6 Å². The quantitative estimate of drug-likeness (QED) is 0.754. The van der Waals surface area contributed by atoms with Crippen molar-refractivity contribution in [3.8, 4) is 0 Å². The lowest BCUT2D eigenvalue weighted by atomic mass is 10.1. The van der Waals surface area contributed by atoms with Crippen LogP contribution in [0.4, 0.5) is 0 Å². The first kappa shape index (κ1) is 18.6. The van der Waals surface area contributed by atoms with Crippen molar-refractivity contribution < 1.29 is 13.2 Å². The first-order valence-electron chi connectivity index (χ1n) is 6.19. The number of aryl methyl sites for hydroxylation is 1. The average Bonchev–Trinajstić information content (AvgIpc) is 2.29. The van der Waals surface area contributed by atoms with E-state index < -0.39 is 15.6 Å². The number of carbonyl (C=O) groups excluding carboxylic acids is 1. The highest BCUT2D eigenvalue weighted by molar-refractivity contribution is 9.11. The zero-order valence-corrected chi connectivity index (χ0v) is 16.2. The molecule has 21 heavy (non-hydrogen) atoms. The molecule has 0 fully saturated rings. The minimum absolute atomic E-state index is 0.0866. The van der Waals surface area contributed by atoms with Crippen molar-refractivity contribution >= 4 is 47.8 Å². The second-order valence-corrected chi connectivity index (χ2v) is 9.10. The van der Waals surface area contributed by atoms with Crippen LogP contribution in [0.2, 0.25) is 0 Å². The van der Waals surface area contributed by atoms with Crippen molar-refractivity contribution in [1.82, 2.24) is 10.0 Å². The summed E-state index contributed by atoms with van der Waals surface area (Å²) in [6, 6.07) is 3.21. The fourth-order valence-electron chi connectivity index (χ4n) is 1.53. The predicted molar refractivity (Wildman–Crippen MR) is 89.7 cm³/mol. The average molecular weight is 442 g/mol. The van der Waals surface area contributed by atoms with Crippen LogP contribution in [0.25, 0.3) is 0 Å². The van der Waals surface area contributed by atoms with Crippen molar-refractivity contribution in [3.63, 3.8) is 0 Å². The Morgan fingerprint density at radius 1 is 1.19 bits per heavy atom. The van der Waals surface area contributed by atoms with Crippen molar-refractivity contribution in [2.24, 2.45) is 0 Å². The van der Waals surface area contributed by atoms with E-state index in [4.69, 9.17) is 0 Å². The molecule has 1 rings (SSSR count). The Labute approximate surface area is 142 Å². The van der Waals surface area contributed by atoms with Crippen LogP contribution in [0.15, 0.2) is 26.0 Å². The molecule has 8 heteroatoms. The number of hydrogen-bond donors (Lipinski definition) is 2. The van der Waals surface area contributed by atoms with Crippen LogP contribution >= 0.6 is 31.9 Å². The second-order valence-electron chi connectivity index (χ2n) is 5.65. The summed E-state index contributed by atoms with van der Waals surface area (Å²) in [5.74, 6) is -0.381. The first-order valence-corrected chi connectivity index (χ1v) is 9.25. The highest BCUT2D eigenvalue weighted by Gasteiger charge is 2.21. The van der Waals surface area contributed by atoms with Gasteiger partial charge in [0.2, 0.25) is 15.9 Å². The monoisotopic (exact) mass is 440 g/mol. The number of benzene rings is 1. The molecule has 0 atom stereocenters. The largest absolute Gasteiger partial charge is 0.350 e. The van der Waals surface area contributed by atoms with Gasteiger partial charge in [0.25, 0.3) is 0 Å². The zero-order valence-electron chi connectivity index (χ0n) is 12.3. The number of carbonyl (C=O) groups is 1. The third-order valence-electron chi connectivity index (χ3n) is 2.44. The van der Waals surface area contributed by atoms with Gasteiger partial charge in [0.05, 0.1) is 11.4 Å².